The van der Waals surface area contributed by atoms with Crippen LogP contribution in [0, 0.1) is 6.92 Å². The first-order chi connectivity index (χ1) is 15.5. The van der Waals surface area contributed by atoms with Crippen LogP contribution in [0.3, 0.4) is 0 Å². The molecule has 0 aliphatic carbocycles. The Morgan fingerprint density at radius 1 is 1.12 bits per heavy atom. The lowest BCUT2D eigenvalue weighted by Crippen LogP contribution is -2.24. The molecule has 10 heteroatoms. The standard InChI is InChI=1S/C22H21N5O3S2/c1-14-7-9-15(10-8-14)30-11-12-31-22-25-24-21(32-22)23-19(28)13-18-16-5-3-4-6-17(16)20(29)27(2)26-18/h3-10H,11-13H2,1-2H3,(H,23,24,28). The van der Waals surface area contributed by atoms with E-state index in [9.17, 15) is 9.59 Å². The molecule has 4 rings (SSSR count). The number of aryl methyl sites for hydroxylation is 2. The molecule has 0 saturated carbocycles. The fraction of sp³-hybridized carbons (Fsp3) is 0.227. The van der Waals surface area contributed by atoms with Crippen LogP contribution in [0.5, 0.6) is 5.75 Å². The van der Waals surface area contributed by atoms with E-state index in [1.807, 2.05) is 37.3 Å². The van der Waals surface area contributed by atoms with E-state index in [1.165, 1.54) is 33.3 Å². The molecule has 0 spiro atoms. The lowest BCUT2D eigenvalue weighted by molar-refractivity contribution is -0.115. The van der Waals surface area contributed by atoms with Crippen molar-refractivity contribution in [3.05, 3.63) is 70.1 Å². The predicted octanol–water partition coefficient (Wildman–Crippen LogP) is 3.45. The van der Waals surface area contributed by atoms with Crippen molar-refractivity contribution in [2.75, 3.05) is 17.7 Å². The zero-order valence-corrected chi connectivity index (χ0v) is 19.2. The minimum atomic E-state index is -0.267. The van der Waals surface area contributed by atoms with Gasteiger partial charge in [-0.15, -0.1) is 10.2 Å². The van der Waals surface area contributed by atoms with E-state index < -0.39 is 0 Å². The van der Waals surface area contributed by atoms with Gasteiger partial charge in [0.2, 0.25) is 11.0 Å². The summed E-state index contributed by atoms with van der Waals surface area (Å²) >= 11 is 2.83. The van der Waals surface area contributed by atoms with E-state index in [4.69, 9.17) is 4.74 Å². The number of anilines is 1. The largest absolute Gasteiger partial charge is 0.493 e. The van der Waals surface area contributed by atoms with Crippen LogP contribution in [0.2, 0.25) is 0 Å². The molecule has 4 aromatic rings. The van der Waals surface area contributed by atoms with Crippen LogP contribution < -0.4 is 15.6 Å². The van der Waals surface area contributed by atoms with Crippen molar-refractivity contribution in [2.45, 2.75) is 17.7 Å². The van der Waals surface area contributed by atoms with Gasteiger partial charge in [0, 0.05) is 18.2 Å². The monoisotopic (exact) mass is 467 g/mol. The maximum absolute atomic E-state index is 12.5. The van der Waals surface area contributed by atoms with Gasteiger partial charge in [0.15, 0.2) is 4.34 Å². The molecule has 0 atom stereocenters. The number of hydrogen-bond acceptors (Lipinski definition) is 8. The van der Waals surface area contributed by atoms with E-state index in [2.05, 4.69) is 20.6 Å². The highest BCUT2D eigenvalue weighted by Gasteiger charge is 2.14. The van der Waals surface area contributed by atoms with Gasteiger partial charge in [0.25, 0.3) is 5.56 Å². The molecule has 8 nitrogen and oxygen atoms in total. The summed E-state index contributed by atoms with van der Waals surface area (Å²) in [6.45, 7) is 2.58. The van der Waals surface area contributed by atoms with E-state index in [1.54, 1.807) is 25.2 Å². The van der Waals surface area contributed by atoms with Crippen LogP contribution in [0.25, 0.3) is 10.8 Å². The SMILES string of the molecule is Cc1ccc(OCCSc2nnc(NC(=O)Cc3nn(C)c(=O)c4ccccc34)s2)cc1. The van der Waals surface area contributed by atoms with Crippen LogP contribution >= 0.6 is 23.1 Å². The highest BCUT2D eigenvalue weighted by Crippen LogP contribution is 2.26. The number of nitrogens with one attached hydrogen (secondary N) is 1. The quantitative estimate of drug-likeness (QED) is 0.241. The summed E-state index contributed by atoms with van der Waals surface area (Å²) < 4.78 is 7.71. The smallest absolute Gasteiger partial charge is 0.274 e. The van der Waals surface area contributed by atoms with E-state index >= 15 is 0 Å². The normalized spacial score (nSPS) is 10.9. The molecule has 0 aliphatic rings. The Labute approximate surface area is 192 Å². The van der Waals surface area contributed by atoms with Gasteiger partial charge in [-0.2, -0.15) is 5.10 Å². The van der Waals surface area contributed by atoms with Crippen molar-refractivity contribution in [2.24, 2.45) is 7.05 Å². The third-order valence-electron chi connectivity index (χ3n) is 4.61. The van der Waals surface area contributed by atoms with Gasteiger partial charge in [0.1, 0.15) is 5.75 Å². The van der Waals surface area contributed by atoms with E-state index in [0.29, 0.717) is 34.0 Å². The molecule has 1 N–H and O–H groups in total. The third-order valence-corrected chi connectivity index (χ3v) is 6.55. The van der Waals surface area contributed by atoms with Crippen LogP contribution in [0.15, 0.2) is 57.7 Å². The third kappa shape index (κ3) is 5.32. The van der Waals surface area contributed by atoms with E-state index in [0.717, 1.165) is 10.1 Å². The van der Waals surface area contributed by atoms with Gasteiger partial charge in [-0.05, 0) is 25.1 Å². The predicted molar refractivity (Wildman–Crippen MR) is 127 cm³/mol. The first-order valence-corrected chi connectivity index (χ1v) is 11.7. The number of aromatic nitrogens is 4. The summed E-state index contributed by atoms with van der Waals surface area (Å²) in [5.41, 5.74) is 1.53. The van der Waals surface area contributed by atoms with E-state index in [-0.39, 0.29) is 17.9 Å². The second kappa shape index (κ2) is 9.92. The number of rotatable bonds is 8. The van der Waals surface area contributed by atoms with Gasteiger partial charge in [-0.1, -0.05) is 59.0 Å². The van der Waals surface area contributed by atoms with Gasteiger partial charge in [0.05, 0.1) is 24.1 Å². The fourth-order valence-corrected chi connectivity index (χ4v) is 4.72. The number of fused-ring (bicyclic) bond motifs is 1. The molecule has 0 fully saturated rings. The van der Waals surface area contributed by atoms with Crippen molar-refractivity contribution in [1.82, 2.24) is 20.0 Å². The second-order valence-corrected chi connectivity index (χ2v) is 9.35. The summed E-state index contributed by atoms with van der Waals surface area (Å²) in [5.74, 6) is 1.28. The molecule has 2 heterocycles. The van der Waals surface area contributed by atoms with Crippen molar-refractivity contribution in [3.63, 3.8) is 0 Å². The average molecular weight is 468 g/mol. The molecule has 0 radical (unpaired) electrons. The van der Waals surface area contributed by atoms with Gasteiger partial charge < -0.3 is 10.1 Å². The summed E-state index contributed by atoms with van der Waals surface area (Å²) in [6, 6.07) is 15.1. The first-order valence-electron chi connectivity index (χ1n) is 9.90. The molecule has 2 aromatic heterocycles. The lowest BCUT2D eigenvalue weighted by Gasteiger charge is -2.07. The zero-order valence-electron chi connectivity index (χ0n) is 17.6. The van der Waals surface area contributed by atoms with Crippen molar-refractivity contribution in [1.29, 1.82) is 0 Å². The number of carbonyl (C=O) groups excluding carboxylic acids is 1. The molecule has 0 aliphatic heterocycles. The summed E-state index contributed by atoms with van der Waals surface area (Å²) in [7, 11) is 1.58. The molecule has 0 bridgehead atoms. The molecule has 32 heavy (non-hydrogen) atoms. The highest BCUT2D eigenvalue weighted by molar-refractivity contribution is 8.01. The summed E-state index contributed by atoms with van der Waals surface area (Å²) in [5, 5.41) is 16.8. The lowest BCUT2D eigenvalue weighted by atomic mass is 10.1. The number of benzene rings is 2. The Bertz CT molecular complexity index is 1300. The number of nitrogens with zero attached hydrogens (tertiary/aromatic N) is 4. The topological polar surface area (TPSA) is 99.0 Å². The number of amides is 1. The van der Waals surface area contributed by atoms with Crippen LogP contribution in [-0.4, -0.2) is 38.2 Å². The van der Waals surface area contributed by atoms with Crippen LogP contribution in [0.4, 0.5) is 5.13 Å². The Morgan fingerprint density at radius 3 is 2.66 bits per heavy atom. The minimum absolute atomic E-state index is 0.0288. The maximum Gasteiger partial charge on any atom is 0.274 e. The van der Waals surface area contributed by atoms with Gasteiger partial charge >= 0.3 is 0 Å². The zero-order chi connectivity index (χ0) is 22.5. The number of carbonyl (C=O) groups is 1. The van der Waals surface area contributed by atoms with Crippen molar-refractivity contribution in [3.8, 4) is 5.75 Å². The van der Waals surface area contributed by atoms with Gasteiger partial charge in [-0.25, -0.2) is 4.68 Å². The van der Waals surface area contributed by atoms with Crippen molar-refractivity contribution < 1.29 is 9.53 Å². The fourth-order valence-electron chi connectivity index (χ4n) is 3.06. The van der Waals surface area contributed by atoms with Crippen molar-refractivity contribution >= 4 is 44.9 Å². The van der Waals surface area contributed by atoms with Gasteiger partial charge in [-0.3, -0.25) is 9.59 Å². The number of ether oxygens (including phenoxy) is 1. The number of hydrogen-bond donors (Lipinski definition) is 1. The molecule has 0 unspecified atom stereocenters. The molecule has 164 valence electrons. The Hall–Kier alpha value is -3.24. The maximum atomic E-state index is 12.5. The Balaban J connectivity index is 1.31. The second-order valence-electron chi connectivity index (χ2n) is 7.03. The number of thioether (sulfide) groups is 1. The molecule has 2 aromatic carbocycles. The highest BCUT2D eigenvalue weighted by atomic mass is 32.2. The summed E-state index contributed by atoms with van der Waals surface area (Å²) in [4.78, 5) is 24.8. The Morgan fingerprint density at radius 2 is 1.88 bits per heavy atom. The molecule has 1 amide bonds. The first kappa shape index (κ1) is 22.0. The molecular weight excluding hydrogens is 446 g/mol. The molecule has 0 saturated heterocycles. The summed E-state index contributed by atoms with van der Waals surface area (Å²) in [6.07, 6.45) is 0.0288. The van der Waals surface area contributed by atoms with Crippen LogP contribution in [0.1, 0.15) is 11.3 Å². The molecular formula is C22H21N5O3S2. The Kier molecular flexibility index (Phi) is 6.81. The van der Waals surface area contributed by atoms with Crippen LogP contribution in [-0.2, 0) is 18.3 Å². The average Bonchev–Trinajstić information content (AvgIpc) is 3.23. The minimum Gasteiger partial charge on any atom is -0.493 e.